The molecule has 0 rings (SSSR count). The van der Waals surface area contributed by atoms with Crippen LogP contribution in [0.2, 0.25) is 0 Å². The molecule has 0 fully saturated rings. The first-order valence-corrected chi connectivity index (χ1v) is 4.00. The molecule has 0 amide bonds. The van der Waals surface area contributed by atoms with Gasteiger partial charge in [0.05, 0.1) is 13.0 Å². The van der Waals surface area contributed by atoms with Crippen LogP contribution in [0.1, 0.15) is 6.42 Å². The third kappa shape index (κ3) is 22.4. The van der Waals surface area contributed by atoms with Gasteiger partial charge >= 0.3 is 11.9 Å². The first kappa shape index (κ1) is 15.2. The average Bonchev–Trinajstić information content (AvgIpc) is 2.04. The smallest absolute Gasteiger partial charge is 0.317 e. The Morgan fingerprint density at radius 3 is 2.00 bits per heavy atom. The van der Waals surface area contributed by atoms with Crippen molar-refractivity contribution in [3.05, 3.63) is 0 Å². The van der Waals surface area contributed by atoms with E-state index in [9.17, 15) is 9.59 Å². The third-order valence-electron chi connectivity index (χ3n) is 0.806. The van der Waals surface area contributed by atoms with E-state index in [0.717, 1.165) is 0 Å². The Kier molecular flexibility index (Phi) is 10.6. The topological polar surface area (TPSA) is 136 Å². The zero-order chi connectivity index (χ0) is 11.6. The Labute approximate surface area is 86.2 Å². The van der Waals surface area contributed by atoms with Crippen molar-refractivity contribution in [2.75, 3.05) is 13.1 Å². The fraction of sp³-hybridized carbons (Fsp3) is 0.500. The second-order valence-corrected chi connectivity index (χ2v) is 2.46. The van der Waals surface area contributed by atoms with Crippen LogP contribution in [0.3, 0.4) is 0 Å². The summed E-state index contributed by atoms with van der Waals surface area (Å²) in [5.74, 6) is -1.85. The van der Waals surface area contributed by atoms with Crippen LogP contribution in [0.5, 0.6) is 0 Å². The predicted molar refractivity (Wildman–Crippen MR) is 53.7 cm³/mol. The molecule has 7 nitrogen and oxygen atoms in total. The minimum absolute atomic E-state index is 0.00347. The minimum Gasteiger partial charge on any atom is -0.481 e. The summed E-state index contributed by atoms with van der Waals surface area (Å²) in [6.45, 7) is -0.0162. The molecular formula is C6H13N3O4S. The van der Waals surface area contributed by atoms with E-state index in [2.05, 4.69) is 23.7 Å². The van der Waals surface area contributed by atoms with Crippen LogP contribution in [0, 0.1) is 5.41 Å². The Morgan fingerprint density at radius 1 is 1.36 bits per heavy atom. The van der Waals surface area contributed by atoms with Crippen molar-refractivity contribution in [1.82, 2.24) is 5.32 Å². The molecule has 0 aliphatic carbocycles. The Bertz CT molecular complexity index is 195. The monoisotopic (exact) mass is 223 g/mol. The Morgan fingerprint density at radius 2 is 1.79 bits per heavy atom. The highest BCUT2D eigenvalue weighted by Crippen LogP contribution is 1.77. The molecule has 0 aromatic carbocycles. The van der Waals surface area contributed by atoms with E-state index in [1.54, 1.807) is 0 Å². The lowest BCUT2D eigenvalue weighted by Gasteiger charge is -1.97. The summed E-state index contributed by atoms with van der Waals surface area (Å²) in [6, 6.07) is 0. The van der Waals surface area contributed by atoms with Gasteiger partial charge in [-0.3, -0.25) is 15.0 Å². The maximum Gasteiger partial charge on any atom is 0.317 e. The lowest BCUT2D eigenvalue weighted by molar-refractivity contribution is -0.137. The number of carbonyl (C=O) groups is 2. The van der Waals surface area contributed by atoms with E-state index in [0.29, 0.717) is 0 Å². The Hall–Kier alpha value is -1.28. The normalized spacial score (nSPS) is 8.14. The molecule has 0 atom stereocenters. The van der Waals surface area contributed by atoms with Gasteiger partial charge in [-0.05, 0) is 0 Å². The van der Waals surface area contributed by atoms with Gasteiger partial charge in [0, 0.05) is 6.54 Å². The van der Waals surface area contributed by atoms with E-state index < -0.39 is 11.9 Å². The second-order valence-electron chi connectivity index (χ2n) is 2.02. The van der Waals surface area contributed by atoms with Crippen LogP contribution in [-0.4, -0.2) is 40.4 Å². The van der Waals surface area contributed by atoms with Crippen molar-refractivity contribution < 1.29 is 19.8 Å². The molecule has 0 saturated heterocycles. The summed E-state index contributed by atoms with van der Waals surface area (Å²) >= 11 is 3.58. The summed E-state index contributed by atoms with van der Waals surface area (Å²) in [6.07, 6.45) is 0.0168. The number of nitrogens with one attached hydrogen (secondary N) is 2. The van der Waals surface area contributed by atoms with Gasteiger partial charge in [-0.15, -0.1) is 12.6 Å². The van der Waals surface area contributed by atoms with Gasteiger partial charge in [0.1, 0.15) is 0 Å². The number of carboxylic acids is 2. The number of carboxylic acid groups (broad SMARTS) is 2. The highest BCUT2D eigenvalue weighted by atomic mass is 32.1. The van der Waals surface area contributed by atoms with E-state index >= 15 is 0 Å². The second kappa shape index (κ2) is 9.81. The van der Waals surface area contributed by atoms with Crippen molar-refractivity contribution in [1.29, 1.82) is 5.41 Å². The first-order chi connectivity index (χ1) is 6.40. The number of amidine groups is 1. The quantitative estimate of drug-likeness (QED) is 0.204. The number of thiol groups is 1. The van der Waals surface area contributed by atoms with Gasteiger partial charge in [0.15, 0.2) is 5.17 Å². The maximum atomic E-state index is 9.85. The molecule has 0 radical (unpaired) electrons. The van der Waals surface area contributed by atoms with Crippen molar-refractivity contribution in [3.8, 4) is 0 Å². The van der Waals surface area contributed by atoms with Gasteiger partial charge in [0.2, 0.25) is 0 Å². The number of nitrogens with two attached hydrogens (primary N) is 1. The summed E-state index contributed by atoms with van der Waals surface area (Å²) in [4.78, 5) is 19.1. The summed E-state index contributed by atoms with van der Waals surface area (Å²) in [5, 5.41) is 24.8. The standard InChI is InChI=1S/C4H8N2O2S.C2H5NO2/c5-4(9)6-2-1-3(7)8;3-1-2(4)5/h1-2H2,(H,7,8)(H3,5,6,9);1,3H2,(H,4,5). The number of hydrogen-bond donors (Lipinski definition) is 6. The fourth-order valence-corrected chi connectivity index (χ4v) is 0.400. The van der Waals surface area contributed by atoms with Crippen LogP contribution < -0.4 is 11.1 Å². The fourth-order valence-electron chi connectivity index (χ4n) is 0.288. The Balaban J connectivity index is 0. The van der Waals surface area contributed by atoms with Gasteiger partial charge in [0.25, 0.3) is 0 Å². The van der Waals surface area contributed by atoms with Crippen LogP contribution in [0.25, 0.3) is 0 Å². The van der Waals surface area contributed by atoms with E-state index in [1.165, 1.54) is 0 Å². The molecule has 14 heavy (non-hydrogen) atoms. The molecule has 0 aliphatic rings. The van der Waals surface area contributed by atoms with Gasteiger partial charge in [-0.25, -0.2) is 0 Å². The van der Waals surface area contributed by atoms with E-state index in [4.69, 9.17) is 15.6 Å². The number of aliphatic carboxylic acids is 2. The van der Waals surface area contributed by atoms with Gasteiger partial charge in [-0.2, -0.15) is 0 Å². The predicted octanol–water partition coefficient (Wildman–Crippen LogP) is -1.06. The molecule has 0 aromatic rings. The van der Waals surface area contributed by atoms with Crippen molar-refractivity contribution >= 4 is 29.7 Å². The van der Waals surface area contributed by atoms with Crippen LogP contribution in [0.4, 0.5) is 0 Å². The van der Waals surface area contributed by atoms with Crippen molar-refractivity contribution in [2.45, 2.75) is 6.42 Å². The highest BCUT2D eigenvalue weighted by Gasteiger charge is 1.94. The molecule has 0 aromatic heterocycles. The van der Waals surface area contributed by atoms with Crippen LogP contribution in [0.15, 0.2) is 0 Å². The molecule has 6 N–H and O–H groups in total. The largest absolute Gasteiger partial charge is 0.481 e. The molecule has 0 spiro atoms. The SMILES string of the molecule is N=C(S)NCCC(=O)O.NCC(=O)O. The van der Waals surface area contributed by atoms with Crippen molar-refractivity contribution in [3.63, 3.8) is 0 Å². The molecule has 0 bridgehead atoms. The molecular weight excluding hydrogens is 210 g/mol. The van der Waals surface area contributed by atoms with E-state index in [-0.39, 0.29) is 24.7 Å². The van der Waals surface area contributed by atoms with Crippen LogP contribution in [-0.2, 0) is 9.59 Å². The highest BCUT2D eigenvalue weighted by molar-refractivity contribution is 7.96. The molecule has 8 heteroatoms. The summed E-state index contributed by atoms with van der Waals surface area (Å²) < 4.78 is 0. The molecule has 0 saturated carbocycles. The molecule has 0 heterocycles. The molecule has 0 aliphatic heterocycles. The lowest BCUT2D eigenvalue weighted by atomic mass is 10.4. The van der Waals surface area contributed by atoms with Crippen LogP contribution >= 0.6 is 12.6 Å². The third-order valence-corrected chi connectivity index (χ3v) is 0.964. The van der Waals surface area contributed by atoms with Gasteiger partial charge in [-0.1, -0.05) is 0 Å². The van der Waals surface area contributed by atoms with Crippen molar-refractivity contribution in [2.24, 2.45) is 5.73 Å². The maximum absolute atomic E-state index is 9.85. The minimum atomic E-state index is -0.968. The lowest BCUT2D eigenvalue weighted by Crippen LogP contribution is -2.20. The zero-order valence-electron chi connectivity index (χ0n) is 7.36. The van der Waals surface area contributed by atoms with Gasteiger partial charge < -0.3 is 21.3 Å². The molecule has 0 unspecified atom stereocenters. The van der Waals surface area contributed by atoms with E-state index in [1.807, 2.05) is 0 Å². The zero-order valence-corrected chi connectivity index (χ0v) is 8.25. The number of hydrogen-bond acceptors (Lipinski definition) is 4. The molecule has 82 valence electrons. The summed E-state index contributed by atoms with van der Waals surface area (Å²) in [5.41, 5.74) is 4.57. The average molecular weight is 223 g/mol. The summed E-state index contributed by atoms with van der Waals surface area (Å²) in [7, 11) is 0. The first-order valence-electron chi connectivity index (χ1n) is 3.55. The number of rotatable bonds is 4.